The molecule has 0 radical (unpaired) electrons. The second-order valence-electron chi connectivity index (χ2n) is 8.97. The van der Waals surface area contributed by atoms with Gasteiger partial charge in [0.1, 0.15) is 11.6 Å². The van der Waals surface area contributed by atoms with E-state index in [0.717, 1.165) is 71.7 Å². The second kappa shape index (κ2) is 10.9. The number of anilines is 3. The van der Waals surface area contributed by atoms with Crippen molar-refractivity contribution in [3.8, 4) is 11.3 Å². The maximum atomic E-state index is 6.09. The molecule has 0 bridgehead atoms. The van der Waals surface area contributed by atoms with E-state index >= 15 is 0 Å². The van der Waals surface area contributed by atoms with Crippen LogP contribution >= 0.6 is 0 Å². The first-order valence-electron chi connectivity index (χ1n) is 12.4. The van der Waals surface area contributed by atoms with Crippen molar-refractivity contribution in [3.63, 3.8) is 0 Å². The molecule has 35 heavy (non-hydrogen) atoms. The Morgan fingerprint density at radius 1 is 1.03 bits per heavy atom. The minimum atomic E-state index is 0.00471. The van der Waals surface area contributed by atoms with Crippen LogP contribution < -0.4 is 15.1 Å². The molecule has 186 valence electrons. The van der Waals surface area contributed by atoms with E-state index in [1.807, 2.05) is 38.2 Å². The van der Waals surface area contributed by atoms with Gasteiger partial charge >= 0.3 is 0 Å². The Balaban J connectivity index is 1.65. The summed E-state index contributed by atoms with van der Waals surface area (Å²) in [5, 5.41) is 3.67. The third kappa shape index (κ3) is 5.35. The highest BCUT2D eigenvalue weighted by Gasteiger charge is 2.35. The van der Waals surface area contributed by atoms with Crippen molar-refractivity contribution >= 4 is 17.6 Å². The molecule has 0 aromatic carbocycles. The first-order chi connectivity index (χ1) is 16.9. The van der Waals surface area contributed by atoms with Crippen molar-refractivity contribution in [2.24, 2.45) is 0 Å². The molecule has 3 aromatic heterocycles. The Morgan fingerprint density at radius 2 is 1.77 bits per heavy atom. The van der Waals surface area contributed by atoms with E-state index < -0.39 is 0 Å². The van der Waals surface area contributed by atoms with Gasteiger partial charge in [-0.1, -0.05) is 13.8 Å². The lowest BCUT2D eigenvalue weighted by Crippen LogP contribution is -2.35. The molecule has 0 spiro atoms. The normalized spacial score (nSPS) is 17.6. The van der Waals surface area contributed by atoms with Crippen molar-refractivity contribution in [2.45, 2.75) is 52.7 Å². The van der Waals surface area contributed by atoms with Crippen LogP contribution in [-0.4, -0.2) is 70.9 Å². The van der Waals surface area contributed by atoms with Crippen LogP contribution in [0.15, 0.2) is 30.7 Å². The summed E-state index contributed by atoms with van der Waals surface area (Å²) in [6.45, 7) is 10.5. The van der Waals surface area contributed by atoms with Crippen LogP contribution in [0.4, 0.5) is 17.6 Å². The van der Waals surface area contributed by atoms with Crippen molar-refractivity contribution in [3.05, 3.63) is 47.7 Å². The van der Waals surface area contributed by atoms with Gasteiger partial charge in [0.05, 0.1) is 29.2 Å². The molecule has 0 amide bonds. The molecule has 1 aliphatic rings. The predicted molar refractivity (Wildman–Crippen MR) is 140 cm³/mol. The quantitative estimate of drug-likeness (QED) is 0.498. The summed E-state index contributed by atoms with van der Waals surface area (Å²) in [5.41, 5.74) is 4.99. The standard InChI is InChI=1S/C26H36N8O/c1-7-19-24(18-14-29-23(33(5)6)13-17(18)4)30-20(8-2)25(31-19)32-21-15-34(16-22(21)35-9-3)26-27-11-10-12-28-26/h10-14,21-22H,7-9,15-16H2,1-6H3,(H,31,32)/t21-,22+/m1/s1. The van der Waals surface area contributed by atoms with E-state index in [-0.39, 0.29) is 12.1 Å². The molecule has 9 nitrogen and oxygen atoms in total. The number of hydrogen-bond donors (Lipinski definition) is 1. The zero-order valence-electron chi connectivity index (χ0n) is 21.6. The lowest BCUT2D eigenvalue weighted by Gasteiger charge is -2.22. The molecule has 1 fully saturated rings. The number of aromatic nitrogens is 5. The first-order valence-corrected chi connectivity index (χ1v) is 12.4. The zero-order valence-corrected chi connectivity index (χ0v) is 21.6. The van der Waals surface area contributed by atoms with Crippen LogP contribution in [-0.2, 0) is 17.6 Å². The number of nitrogens with one attached hydrogen (secondary N) is 1. The van der Waals surface area contributed by atoms with E-state index in [1.165, 1.54) is 0 Å². The molecule has 4 rings (SSSR count). The van der Waals surface area contributed by atoms with Gasteiger partial charge in [0.2, 0.25) is 5.95 Å². The van der Waals surface area contributed by atoms with Crippen LogP contribution in [0, 0.1) is 6.92 Å². The van der Waals surface area contributed by atoms with Gasteiger partial charge in [-0.15, -0.1) is 0 Å². The summed E-state index contributed by atoms with van der Waals surface area (Å²) in [6.07, 6.45) is 7.01. The van der Waals surface area contributed by atoms with Crippen LogP contribution in [0.5, 0.6) is 0 Å². The van der Waals surface area contributed by atoms with E-state index in [9.17, 15) is 0 Å². The van der Waals surface area contributed by atoms with E-state index in [2.05, 4.69) is 52.0 Å². The summed E-state index contributed by atoms with van der Waals surface area (Å²) in [5.74, 6) is 2.48. The van der Waals surface area contributed by atoms with Gasteiger partial charge in [0.25, 0.3) is 0 Å². The molecule has 0 aliphatic carbocycles. The van der Waals surface area contributed by atoms with Crippen molar-refractivity contribution in [2.75, 3.05) is 48.9 Å². The third-order valence-electron chi connectivity index (χ3n) is 6.32. The monoisotopic (exact) mass is 476 g/mol. The Labute approximate surface area is 208 Å². The zero-order chi connectivity index (χ0) is 24.9. The highest BCUT2D eigenvalue weighted by molar-refractivity contribution is 5.68. The molecular weight excluding hydrogens is 440 g/mol. The van der Waals surface area contributed by atoms with Crippen LogP contribution in [0.2, 0.25) is 0 Å². The predicted octanol–water partition coefficient (Wildman–Crippen LogP) is 3.53. The van der Waals surface area contributed by atoms with Crippen molar-refractivity contribution in [1.29, 1.82) is 0 Å². The lowest BCUT2D eigenvalue weighted by molar-refractivity contribution is 0.0719. The third-order valence-corrected chi connectivity index (χ3v) is 6.32. The average molecular weight is 477 g/mol. The summed E-state index contributed by atoms with van der Waals surface area (Å²) >= 11 is 0. The second-order valence-corrected chi connectivity index (χ2v) is 8.97. The number of pyridine rings is 1. The molecule has 4 heterocycles. The Hall–Kier alpha value is -3.33. The maximum absolute atomic E-state index is 6.09. The molecule has 0 unspecified atom stereocenters. The van der Waals surface area contributed by atoms with Gasteiger partial charge in [-0.25, -0.2) is 24.9 Å². The molecule has 1 N–H and O–H groups in total. The van der Waals surface area contributed by atoms with Crippen LogP contribution in [0.25, 0.3) is 11.3 Å². The van der Waals surface area contributed by atoms with Gasteiger partial charge in [-0.3, -0.25) is 0 Å². The summed E-state index contributed by atoms with van der Waals surface area (Å²) in [6, 6.07) is 3.98. The van der Waals surface area contributed by atoms with Crippen molar-refractivity contribution in [1.82, 2.24) is 24.9 Å². The number of hydrogen-bond acceptors (Lipinski definition) is 9. The number of ether oxygens (including phenoxy) is 1. The molecule has 1 saturated heterocycles. The fraction of sp³-hybridized carbons (Fsp3) is 0.500. The highest BCUT2D eigenvalue weighted by atomic mass is 16.5. The summed E-state index contributed by atoms with van der Waals surface area (Å²) < 4.78 is 6.09. The van der Waals surface area contributed by atoms with E-state index in [0.29, 0.717) is 6.61 Å². The summed E-state index contributed by atoms with van der Waals surface area (Å²) in [4.78, 5) is 27.8. The smallest absolute Gasteiger partial charge is 0.225 e. The minimum Gasteiger partial charge on any atom is -0.374 e. The number of rotatable bonds is 9. The van der Waals surface area contributed by atoms with Gasteiger partial charge in [0, 0.05) is 57.9 Å². The Bertz CT molecular complexity index is 1140. The van der Waals surface area contributed by atoms with E-state index in [4.69, 9.17) is 14.7 Å². The number of nitrogens with zero attached hydrogens (tertiary/aromatic N) is 7. The number of aryl methyl sites for hydroxylation is 3. The van der Waals surface area contributed by atoms with Gasteiger partial charge in [-0.05, 0) is 44.4 Å². The molecular formula is C26H36N8O. The van der Waals surface area contributed by atoms with Crippen molar-refractivity contribution < 1.29 is 4.74 Å². The fourth-order valence-corrected chi connectivity index (χ4v) is 4.45. The fourth-order valence-electron chi connectivity index (χ4n) is 4.45. The molecule has 0 saturated carbocycles. The summed E-state index contributed by atoms with van der Waals surface area (Å²) in [7, 11) is 4.00. The van der Waals surface area contributed by atoms with Gasteiger partial charge in [-0.2, -0.15) is 0 Å². The minimum absolute atomic E-state index is 0.00471. The van der Waals surface area contributed by atoms with Gasteiger partial charge in [0.15, 0.2) is 0 Å². The molecule has 9 heteroatoms. The average Bonchev–Trinajstić information content (AvgIpc) is 3.26. The van der Waals surface area contributed by atoms with Crippen LogP contribution in [0.3, 0.4) is 0 Å². The molecule has 2 atom stereocenters. The molecule has 3 aromatic rings. The lowest BCUT2D eigenvalue weighted by atomic mass is 10.0. The van der Waals surface area contributed by atoms with Gasteiger partial charge < -0.3 is 19.9 Å². The largest absolute Gasteiger partial charge is 0.374 e. The molecule has 1 aliphatic heterocycles. The highest BCUT2D eigenvalue weighted by Crippen LogP contribution is 2.30. The Morgan fingerprint density at radius 3 is 2.40 bits per heavy atom. The SMILES string of the molecule is CCO[C@H]1CN(c2ncccn2)C[C@H]1Nc1nc(CC)c(-c2cnc(N(C)C)cc2C)nc1CC. The maximum Gasteiger partial charge on any atom is 0.225 e. The first kappa shape index (κ1) is 24.8. The Kier molecular flexibility index (Phi) is 7.75. The van der Waals surface area contributed by atoms with Crippen LogP contribution in [0.1, 0.15) is 37.7 Å². The topological polar surface area (TPSA) is 92.2 Å². The van der Waals surface area contributed by atoms with E-state index in [1.54, 1.807) is 12.4 Å².